The molecule has 0 unspecified atom stereocenters. The lowest BCUT2D eigenvalue weighted by atomic mass is 10.1. The summed E-state index contributed by atoms with van der Waals surface area (Å²) in [4.78, 5) is 4.27. The number of halogens is 1. The van der Waals surface area contributed by atoms with Crippen LogP contribution in [-0.4, -0.2) is 23.4 Å². The van der Waals surface area contributed by atoms with Gasteiger partial charge in [0.1, 0.15) is 18.7 Å². The fourth-order valence-corrected chi connectivity index (χ4v) is 3.21. The largest absolute Gasteiger partial charge is 0.508 e. The SMILES string of the molecule is CP(C)(=O)c1ccc2nccc(Nc3cc(O)ccc3F)c2c1. The number of phenols is 1. The number of hydrogen-bond acceptors (Lipinski definition) is 4. The highest BCUT2D eigenvalue weighted by atomic mass is 31.2. The lowest BCUT2D eigenvalue weighted by Gasteiger charge is -2.13. The zero-order chi connectivity index (χ0) is 16.6. The van der Waals surface area contributed by atoms with Crippen LogP contribution >= 0.6 is 7.14 Å². The number of fused-ring (bicyclic) bond motifs is 1. The summed E-state index contributed by atoms with van der Waals surface area (Å²) in [5.41, 5.74) is 1.52. The zero-order valence-corrected chi connectivity index (χ0v) is 13.6. The zero-order valence-electron chi connectivity index (χ0n) is 12.7. The second-order valence-corrected chi connectivity index (χ2v) is 8.92. The van der Waals surface area contributed by atoms with Crippen molar-refractivity contribution in [1.29, 1.82) is 0 Å². The van der Waals surface area contributed by atoms with Gasteiger partial charge in [0, 0.05) is 28.6 Å². The Morgan fingerprint density at radius 3 is 2.61 bits per heavy atom. The number of benzene rings is 2. The molecule has 118 valence electrons. The van der Waals surface area contributed by atoms with Crippen molar-refractivity contribution >= 4 is 34.7 Å². The van der Waals surface area contributed by atoms with Crippen molar-refractivity contribution < 1.29 is 14.1 Å². The number of rotatable bonds is 3. The van der Waals surface area contributed by atoms with Crippen molar-refractivity contribution in [2.45, 2.75) is 0 Å². The topological polar surface area (TPSA) is 62.2 Å². The lowest BCUT2D eigenvalue weighted by Crippen LogP contribution is -2.03. The van der Waals surface area contributed by atoms with Crippen LogP contribution in [0.2, 0.25) is 0 Å². The van der Waals surface area contributed by atoms with E-state index in [0.29, 0.717) is 11.2 Å². The highest BCUT2D eigenvalue weighted by Gasteiger charge is 2.13. The van der Waals surface area contributed by atoms with Crippen LogP contribution in [0.4, 0.5) is 15.8 Å². The van der Waals surface area contributed by atoms with E-state index in [4.69, 9.17) is 0 Å². The summed E-state index contributed by atoms with van der Waals surface area (Å²) in [5, 5.41) is 14.0. The molecule has 0 radical (unpaired) electrons. The molecule has 0 aliphatic heterocycles. The average Bonchev–Trinajstić information content (AvgIpc) is 2.50. The van der Waals surface area contributed by atoms with E-state index in [2.05, 4.69) is 10.3 Å². The minimum absolute atomic E-state index is 0.0282. The monoisotopic (exact) mass is 330 g/mol. The van der Waals surface area contributed by atoms with E-state index in [-0.39, 0.29) is 11.4 Å². The standard InChI is InChI=1S/C17H16FN2O2P/c1-23(2,22)12-4-6-15-13(10-12)16(7-8-19-15)20-17-9-11(21)3-5-14(17)18/h3-10,21H,1-2H3,(H,19,20). The Morgan fingerprint density at radius 2 is 1.87 bits per heavy atom. The van der Waals surface area contributed by atoms with Crippen LogP contribution in [-0.2, 0) is 4.57 Å². The van der Waals surface area contributed by atoms with Gasteiger partial charge in [-0.3, -0.25) is 4.98 Å². The predicted molar refractivity (Wildman–Crippen MR) is 92.2 cm³/mol. The molecule has 1 heterocycles. The van der Waals surface area contributed by atoms with E-state index >= 15 is 0 Å². The van der Waals surface area contributed by atoms with Gasteiger partial charge in [-0.1, -0.05) is 0 Å². The maximum absolute atomic E-state index is 13.9. The van der Waals surface area contributed by atoms with Gasteiger partial charge in [-0.2, -0.15) is 0 Å². The first-order valence-corrected chi connectivity index (χ1v) is 9.64. The Hall–Kier alpha value is -2.39. The second-order valence-electron chi connectivity index (χ2n) is 5.70. The van der Waals surface area contributed by atoms with Gasteiger partial charge in [-0.15, -0.1) is 0 Å². The van der Waals surface area contributed by atoms with Crippen molar-refractivity contribution in [2.75, 3.05) is 18.6 Å². The maximum atomic E-state index is 13.9. The van der Waals surface area contributed by atoms with E-state index in [9.17, 15) is 14.1 Å². The number of pyridine rings is 1. The van der Waals surface area contributed by atoms with Gasteiger partial charge in [0.05, 0.1) is 11.2 Å². The minimum Gasteiger partial charge on any atom is -0.508 e. The van der Waals surface area contributed by atoms with Gasteiger partial charge in [0.25, 0.3) is 0 Å². The third-order valence-electron chi connectivity index (χ3n) is 3.57. The molecular weight excluding hydrogens is 314 g/mol. The molecule has 2 aromatic carbocycles. The van der Waals surface area contributed by atoms with Crippen LogP contribution < -0.4 is 10.6 Å². The number of nitrogens with one attached hydrogen (secondary N) is 1. The van der Waals surface area contributed by atoms with Crippen LogP contribution in [0.3, 0.4) is 0 Å². The summed E-state index contributed by atoms with van der Waals surface area (Å²) >= 11 is 0. The summed E-state index contributed by atoms with van der Waals surface area (Å²) in [6.45, 7) is 3.40. The minimum atomic E-state index is -2.41. The molecule has 0 spiro atoms. The van der Waals surface area contributed by atoms with E-state index in [1.54, 1.807) is 37.7 Å². The molecule has 0 saturated carbocycles. The third-order valence-corrected chi connectivity index (χ3v) is 5.09. The quantitative estimate of drug-likeness (QED) is 0.711. The summed E-state index contributed by atoms with van der Waals surface area (Å²) in [7, 11) is -2.41. The number of aromatic nitrogens is 1. The van der Waals surface area contributed by atoms with Crippen LogP contribution in [0.5, 0.6) is 5.75 Å². The summed E-state index contributed by atoms with van der Waals surface area (Å²) in [6.07, 6.45) is 1.61. The number of nitrogens with zero attached hydrogens (tertiary/aromatic N) is 1. The molecule has 0 aliphatic rings. The normalized spacial score (nSPS) is 11.6. The van der Waals surface area contributed by atoms with Gasteiger partial charge in [0.2, 0.25) is 0 Å². The first kappa shape index (κ1) is 15.5. The predicted octanol–water partition coefficient (Wildman–Crippen LogP) is 4.07. The van der Waals surface area contributed by atoms with Gasteiger partial charge < -0.3 is 15.0 Å². The van der Waals surface area contributed by atoms with E-state index < -0.39 is 13.0 Å². The maximum Gasteiger partial charge on any atom is 0.146 e. The summed E-state index contributed by atoms with van der Waals surface area (Å²) in [5.74, 6) is -0.500. The number of aromatic hydroxyl groups is 1. The van der Waals surface area contributed by atoms with Crippen molar-refractivity contribution in [3.8, 4) is 5.75 Å². The molecule has 2 N–H and O–H groups in total. The van der Waals surface area contributed by atoms with E-state index in [1.165, 1.54) is 18.2 Å². The molecule has 4 nitrogen and oxygen atoms in total. The first-order valence-electron chi connectivity index (χ1n) is 7.04. The molecule has 0 atom stereocenters. The van der Waals surface area contributed by atoms with Crippen molar-refractivity contribution in [2.24, 2.45) is 0 Å². The average molecular weight is 330 g/mol. The lowest BCUT2D eigenvalue weighted by molar-refractivity contribution is 0.473. The van der Waals surface area contributed by atoms with Crippen LogP contribution in [0.1, 0.15) is 0 Å². The highest BCUT2D eigenvalue weighted by molar-refractivity contribution is 7.70. The van der Waals surface area contributed by atoms with Gasteiger partial charge in [-0.05, 0) is 49.7 Å². The Kier molecular flexibility index (Phi) is 3.82. The van der Waals surface area contributed by atoms with E-state index in [0.717, 1.165) is 10.7 Å². The first-order chi connectivity index (χ1) is 10.8. The van der Waals surface area contributed by atoms with Gasteiger partial charge in [0.15, 0.2) is 0 Å². The Bertz CT molecular complexity index is 937. The van der Waals surface area contributed by atoms with Crippen molar-refractivity contribution in [1.82, 2.24) is 4.98 Å². The van der Waals surface area contributed by atoms with Gasteiger partial charge >= 0.3 is 0 Å². The molecule has 1 aromatic heterocycles. The molecule has 3 aromatic rings. The molecule has 0 aliphatic carbocycles. The molecular formula is C17H16FN2O2P. The highest BCUT2D eigenvalue weighted by Crippen LogP contribution is 2.36. The van der Waals surface area contributed by atoms with Gasteiger partial charge in [-0.25, -0.2) is 4.39 Å². The summed E-state index contributed by atoms with van der Waals surface area (Å²) in [6, 6.07) is 10.9. The molecule has 0 bridgehead atoms. The summed E-state index contributed by atoms with van der Waals surface area (Å²) < 4.78 is 26.2. The number of hydrogen-bond donors (Lipinski definition) is 2. The Labute approximate surface area is 133 Å². The molecule has 0 saturated heterocycles. The second kappa shape index (κ2) is 5.67. The fourth-order valence-electron chi connectivity index (χ4n) is 2.33. The Balaban J connectivity index is 2.13. The molecule has 0 amide bonds. The van der Waals surface area contributed by atoms with E-state index in [1.807, 2.05) is 6.07 Å². The van der Waals surface area contributed by atoms with Crippen molar-refractivity contribution in [3.05, 3.63) is 54.5 Å². The van der Waals surface area contributed by atoms with Crippen LogP contribution in [0.25, 0.3) is 10.9 Å². The third kappa shape index (κ3) is 3.20. The van der Waals surface area contributed by atoms with Crippen molar-refractivity contribution in [3.63, 3.8) is 0 Å². The van der Waals surface area contributed by atoms with Crippen LogP contribution in [0, 0.1) is 5.82 Å². The molecule has 3 rings (SSSR count). The number of anilines is 2. The molecule has 23 heavy (non-hydrogen) atoms. The smallest absolute Gasteiger partial charge is 0.146 e. The molecule has 6 heteroatoms. The van der Waals surface area contributed by atoms with Crippen LogP contribution in [0.15, 0.2) is 48.7 Å². The fraction of sp³-hybridized carbons (Fsp3) is 0.118. The molecule has 0 fully saturated rings. The number of phenolic OH excluding ortho intramolecular Hbond substituents is 1. The Morgan fingerprint density at radius 1 is 1.09 bits per heavy atom.